The molecule has 0 bridgehead atoms. The second kappa shape index (κ2) is 6.74. The molecule has 3 N–H and O–H groups in total. The van der Waals surface area contributed by atoms with Gasteiger partial charge in [0.2, 0.25) is 5.88 Å². The molecule has 4 heterocycles. The lowest BCUT2D eigenvalue weighted by Crippen LogP contribution is -2.35. The Kier molecular flexibility index (Phi) is 4.37. The Hall–Kier alpha value is -3.23. The van der Waals surface area contributed by atoms with Gasteiger partial charge in [0, 0.05) is 23.7 Å². The number of nitrogens with one attached hydrogen (secondary N) is 1. The van der Waals surface area contributed by atoms with E-state index >= 15 is 0 Å². The minimum Gasteiger partial charge on any atom is -0.474 e. The summed E-state index contributed by atoms with van der Waals surface area (Å²) in [5.41, 5.74) is 7.55. The van der Waals surface area contributed by atoms with Gasteiger partial charge in [-0.3, -0.25) is 14.0 Å². The average molecular weight is 385 g/mol. The minimum absolute atomic E-state index is 0.0868. The van der Waals surface area contributed by atoms with Gasteiger partial charge in [-0.25, -0.2) is 14.4 Å². The van der Waals surface area contributed by atoms with Gasteiger partial charge in [0.25, 0.3) is 11.8 Å². The molecule has 9 heteroatoms. The summed E-state index contributed by atoms with van der Waals surface area (Å²) in [7, 11) is 0. The van der Waals surface area contributed by atoms with Crippen LogP contribution in [-0.2, 0) is 4.79 Å². The summed E-state index contributed by atoms with van der Waals surface area (Å²) in [5, 5.41) is 3.34. The van der Waals surface area contributed by atoms with Crippen LogP contribution < -0.4 is 15.8 Å². The Balaban J connectivity index is 1.75. The molecule has 0 aliphatic carbocycles. The van der Waals surface area contributed by atoms with E-state index in [1.165, 1.54) is 0 Å². The van der Waals surface area contributed by atoms with E-state index < -0.39 is 29.9 Å². The van der Waals surface area contributed by atoms with Crippen molar-refractivity contribution in [1.82, 2.24) is 19.7 Å². The van der Waals surface area contributed by atoms with Crippen molar-refractivity contribution in [2.24, 2.45) is 11.7 Å². The highest BCUT2D eigenvalue weighted by Gasteiger charge is 2.41. The van der Waals surface area contributed by atoms with Gasteiger partial charge in [-0.1, -0.05) is 6.92 Å². The third kappa shape index (κ3) is 2.83. The molecule has 28 heavy (non-hydrogen) atoms. The van der Waals surface area contributed by atoms with E-state index in [0.717, 1.165) is 0 Å². The van der Waals surface area contributed by atoms with Crippen LogP contribution in [0.5, 0.6) is 5.88 Å². The number of aromatic nitrogens is 3. The molecule has 8 nitrogen and oxygen atoms in total. The Labute approximate surface area is 159 Å². The molecule has 1 saturated heterocycles. The number of aryl methyl sites for hydroxylation is 1. The number of nitrogens with zero attached hydrogens (tertiary/aromatic N) is 3. The van der Waals surface area contributed by atoms with Crippen molar-refractivity contribution in [3.63, 3.8) is 0 Å². The number of hydrogen-bond donors (Lipinski definition) is 2. The lowest BCUT2D eigenvalue weighted by atomic mass is 9.97. The number of rotatable bonds is 5. The number of carbonyl (C=O) groups is 2. The van der Waals surface area contributed by atoms with Gasteiger partial charge in [0.15, 0.2) is 11.8 Å². The molecule has 1 fully saturated rings. The molecule has 2 unspecified atom stereocenters. The predicted molar refractivity (Wildman–Crippen MR) is 99.9 cm³/mol. The molecule has 0 saturated carbocycles. The zero-order valence-electron chi connectivity index (χ0n) is 15.5. The van der Waals surface area contributed by atoms with Crippen molar-refractivity contribution in [2.75, 3.05) is 6.61 Å². The van der Waals surface area contributed by atoms with Crippen molar-refractivity contribution in [2.45, 2.75) is 32.5 Å². The van der Waals surface area contributed by atoms with Crippen LogP contribution in [0.2, 0.25) is 0 Å². The van der Waals surface area contributed by atoms with Crippen LogP contribution in [0.4, 0.5) is 4.39 Å². The number of alkyl halides is 1. The summed E-state index contributed by atoms with van der Waals surface area (Å²) < 4.78 is 21.6. The van der Waals surface area contributed by atoms with Crippen LogP contribution in [0, 0.1) is 12.8 Å². The summed E-state index contributed by atoms with van der Waals surface area (Å²) in [5.74, 6) is -1.32. The van der Waals surface area contributed by atoms with E-state index in [-0.39, 0.29) is 6.61 Å². The zero-order chi connectivity index (χ0) is 20.0. The van der Waals surface area contributed by atoms with Gasteiger partial charge < -0.3 is 15.8 Å². The van der Waals surface area contributed by atoms with Crippen LogP contribution >= 0.6 is 0 Å². The first kappa shape index (κ1) is 18.1. The van der Waals surface area contributed by atoms with Crippen LogP contribution in [0.25, 0.3) is 16.6 Å². The molecule has 1 aliphatic rings. The summed E-state index contributed by atoms with van der Waals surface area (Å²) >= 11 is 0. The maximum atomic E-state index is 14.0. The fourth-order valence-electron chi connectivity index (χ4n) is 3.77. The SMILES string of the molecule is CC[C@H]1C(COc2nccc3cc(C(N)=O)c4nc(C)cn4c23)NC(=O)C1F. The first-order chi connectivity index (χ1) is 13.4. The molecule has 2 amide bonds. The number of primary amides is 1. The van der Waals surface area contributed by atoms with E-state index in [2.05, 4.69) is 15.3 Å². The Morgan fingerprint density at radius 3 is 2.96 bits per heavy atom. The number of halogens is 1. The first-order valence-corrected chi connectivity index (χ1v) is 9.05. The van der Waals surface area contributed by atoms with Gasteiger partial charge in [0.1, 0.15) is 12.1 Å². The van der Waals surface area contributed by atoms with E-state index in [4.69, 9.17) is 10.5 Å². The second-order valence-corrected chi connectivity index (χ2v) is 6.95. The third-order valence-electron chi connectivity index (χ3n) is 5.14. The van der Waals surface area contributed by atoms with Gasteiger partial charge in [-0.15, -0.1) is 0 Å². The molecular formula is C19H20FN5O3. The van der Waals surface area contributed by atoms with E-state index in [1.54, 1.807) is 28.9 Å². The van der Waals surface area contributed by atoms with Gasteiger partial charge in [0.05, 0.1) is 17.3 Å². The molecule has 3 atom stereocenters. The number of amides is 2. The summed E-state index contributed by atoms with van der Waals surface area (Å²) in [4.78, 5) is 32.2. The molecule has 0 radical (unpaired) electrons. The summed E-state index contributed by atoms with van der Waals surface area (Å²) in [6.07, 6.45) is 2.31. The predicted octanol–water partition coefficient (Wildman–Crippen LogP) is 1.53. The Morgan fingerprint density at radius 1 is 1.46 bits per heavy atom. The quantitative estimate of drug-likeness (QED) is 0.692. The van der Waals surface area contributed by atoms with E-state index in [0.29, 0.717) is 40.1 Å². The van der Waals surface area contributed by atoms with Crippen molar-refractivity contribution in [1.29, 1.82) is 0 Å². The molecule has 0 aromatic carbocycles. The van der Waals surface area contributed by atoms with Crippen molar-refractivity contribution >= 4 is 28.4 Å². The van der Waals surface area contributed by atoms with Crippen molar-refractivity contribution < 1.29 is 18.7 Å². The van der Waals surface area contributed by atoms with Crippen LogP contribution in [0.1, 0.15) is 29.4 Å². The Morgan fingerprint density at radius 2 is 2.25 bits per heavy atom. The van der Waals surface area contributed by atoms with Crippen LogP contribution in [0.3, 0.4) is 0 Å². The highest BCUT2D eigenvalue weighted by molar-refractivity contribution is 6.03. The number of fused-ring (bicyclic) bond motifs is 3. The molecule has 1 aliphatic heterocycles. The highest BCUT2D eigenvalue weighted by atomic mass is 19.1. The second-order valence-electron chi connectivity index (χ2n) is 6.95. The number of carbonyl (C=O) groups excluding carboxylic acids is 2. The Bertz CT molecular complexity index is 1100. The molecule has 4 rings (SSSR count). The lowest BCUT2D eigenvalue weighted by molar-refractivity contribution is -0.123. The largest absolute Gasteiger partial charge is 0.474 e. The fourth-order valence-corrected chi connectivity index (χ4v) is 3.77. The van der Waals surface area contributed by atoms with Gasteiger partial charge >= 0.3 is 0 Å². The maximum Gasteiger partial charge on any atom is 0.255 e. The summed E-state index contributed by atoms with van der Waals surface area (Å²) in [6.45, 7) is 3.73. The highest BCUT2D eigenvalue weighted by Crippen LogP contribution is 2.29. The lowest BCUT2D eigenvalue weighted by Gasteiger charge is -2.19. The first-order valence-electron chi connectivity index (χ1n) is 9.05. The van der Waals surface area contributed by atoms with Crippen LogP contribution in [-0.4, -0.2) is 45.0 Å². The standard InChI is InChI=1S/C19H20FN5O3/c1-3-11-13(24-18(27)14(11)20)8-28-19-15-10(4-5-22-19)6-12(16(21)26)17-23-9(2)7-25(15)17/h4-7,11,13-14H,3,8H2,1-2H3,(H2,21,26)(H,24,27)/t11-,13?,14?/m0/s1. The summed E-state index contributed by atoms with van der Waals surface area (Å²) in [6, 6.07) is 2.96. The number of imidazole rings is 1. The molecule has 0 spiro atoms. The zero-order valence-corrected chi connectivity index (χ0v) is 15.5. The van der Waals surface area contributed by atoms with Gasteiger partial charge in [-0.2, -0.15) is 0 Å². The monoisotopic (exact) mass is 385 g/mol. The molecule has 3 aromatic rings. The van der Waals surface area contributed by atoms with Gasteiger partial charge in [-0.05, 0) is 25.5 Å². The van der Waals surface area contributed by atoms with E-state index in [9.17, 15) is 14.0 Å². The number of ether oxygens (including phenoxy) is 1. The van der Waals surface area contributed by atoms with Crippen molar-refractivity contribution in [3.8, 4) is 5.88 Å². The number of pyridine rings is 2. The molecular weight excluding hydrogens is 365 g/mol. The normalized spacial score (nSPS) is 22.0. The maximum absolute atomic E-state index is 14.0. The molecule has 146 valence electrons. The smallest absolute Gasteiger partial charge is 0.255 e. The average Bonchev–Trinajstić information content (AvgIpc) is 3.18. The van der Waals surface area contributed by atoms with Crippen LogP contribution in [0.15, 0.2) is 24.5 Å². The van der Waals surface area contributed by atoms with Crippen molar-refractivity contribution in [3.05, 3.63) is 35.8 Å². The number of hydrogen-bond acceptors (Lipinski definition) is 5. The van der Waals surface area contributed by atoms with E-state index in [1.807, 2.05) is 13.8 Å². The topological polar surface area (TPSA) is 112 Å². The molecule has 3 aromatic heterocycles. The third-order valence-corrected chi connectivity index (χ3v) is 5.14. The fraction of sp³-hybridized carbons (Fsp3) is 0.368. The minimum atomic E-state index is -1.53. The number of nitrogens with two attached hydrogens (primary N) is 1.